The Morgan fingerprint density at radius 2 is 1.96 bits per heavy atom. The quantitative estimate of drug-likeness (QED) is 0.615. The van der Waals surface area contributed by atoms with Crippen molar-refractivity contribution in [1.82, 2.24) is 4.90 Å². The lowest BCUT2D eigenvalue weighted by Gasteiger charge is -2.36. The van der Waals surface area contributed by atoms with Gasteiger partial charge in [0.05, 0.1) is 10.0 Å². The number of nitrogens with two attached hydrogens (primary N) is 1. The molecule has 2 unspecified atom stereocenters. The summed E-state index contributed by atoms with van der Waals surface area (Å²) in [7, 11) is 0. The zero-order chi connectivity index (χ0) is 15.2. The van der Waals surface area contributed by atoms with Crippen LogP contribution in [0.2, 0.25) is 10.0 Å². The minimum atomic E-state index is 0. The van der Waals surface area contributed by atoms with Crippen LogP contribution in [-0.4, -0.2) is 24.5 Å². The molecule has 6 heteroatoms. The van der Waals surface area contributed by atoms with Crippen LogP contribution < -0.4 is 5.73 Å². The minimum absolute atomic E-state index is 0. The van der Waals surface area contributed by atoms with Gasteiger partial charge >= 0.3 is 0 Å². The maximum Gasteiger partial charge on any atom is 0.0595 e. The van der Waals surface area contributed by atoms with Crippen molar-refractivity contribution in [3.8, 4) is 0 Å². The Bertz CT molecular complexity index is 456. The van der Waals surface area contributed by atoms with Gasteiger partial charge in [-0.3, -0.25) is 0 Å². The summed E-state index contributed by atoms with van der Waals surface area (Å²) >= 11 is 12.1. The van der Waals surface area contributed by atoms with Gasteiger partial charge in [0, 0.05) is 12.6 Å². The van der Waals surface area contributed by atoms with Crippen LogP contribution in [0.15, 0.2) is 18.2 Å². The van der Waals surface area contributed by atoms with Gasteiger partial charge in [-0.2, -0.15) is 0 Å². The highest BCUT2D eigenvalue weighted by Gasteiger charge is 2.26. The molecule has 23 heavy (non-hydrogen) atoms. The Morgan fingerprint density at radius 3 is 2.61 bits per heavy atom. The molecule has 0 amide bonds. The van der Waals surface area contributed by atoms with Crippen molar-refractivity contribution in [1.29, 1.82) is 0 Å². The first-order valence-electron chi connectivity index (χ1n) is 8.04. The van der Waals surface area contributed by atoms with Crippen LogP contribution >= 0.6 is 48.0 Å². The Labute approximate surface area is 162 Å². The van der Waals surface area contributed by atoms with E-state index in [1.165, 1.54) is 45.2 Å². The first-order chi connectivity index (χ1) is 10.1. The molecule has 1 heterocycles. The van der Waals surface area contributed by atoms with Crippen molar-refractivity contribution >= 4 is 48.0 Å². The van der Waals surface area contributed by atoms with Crippen LogP contribution in [0.3, 0.4) is 0 Å². The third kappa shape index (κ3) is 6.97. The molecule has 134 valence electrons. The first kappa shape index (κ1) is 23.3. The van der Waals surface area contributed by atoms with Gasteiger partial charge in [0.2, 0.25) is 0 Å². The highest BCUT2D eigenvalue weighted by Crippen LogP contribution is 2.31. The molecule has 1 aromatic carbocycles. The van der Waals surface area contributed by atoms with Crippen molar-refractivity contribution in [2.75, 3.05) is 19.6 Å². The van der Waals surface area contributed by atoms with E-state index in [1.54, 1.807) is 0 Å². The average molecular weight is 402 g/mol. The van der Waals surface area contributed by atoms with Crippen LogP contribution in [0, 0.1) is 5.92 Å². The summed E-state index contributed by atoms with van der Waals surface area (Å²) in [4.78, 5) is 2.57. The summed E-state index contributed by atoms with van der Waals surface area (Å²) < 4.78 is 0. The molecule has 0 aromatic heterocycles. The molecule has 0 bridgehead atoms. The van der Waals surface area contributed by atoms with Crippen molar-refractivity contribution in [2.24, 2.45) is 11.7 Å². The third-order valence-corrected chi connectivity index (χ3v) is 5.20. The highest BCUT2D eigenvalue weighted by atomic mass is 35.5. The van der Waals surface area contributed by atoms with Crippen molar-refractivity contribution in [3.05, 3.63) is 33.8 Å². The van der Waals surface area contributed by atoms with Crippen LogP contribution in [0.1, 0.15) is 50.6 Å². The topological polar surface area (TPSA) is 29.3 Å². The summed E-state index contributed by atoms with van der Waals surface area (Å²) in [6, 6.07) is 5.83. The fourth-order valence-corrected chi connectivity index (χ4v) is 3.47. The number of rotatable bonds is 6. The van der Waals surface area contributed by atoms with E-state index in [0.717, 1.165) is 12.1 Å². The number of benzene rings is 1. The van der Waals surface area contributed by atoms with Gasteiger partial charge in [0.25, 0.3) is 0 Å². The van der Waals surface area contributed by atoms with E-state index >= 15 is 0 Å². The number of nitrogens with zero attached hydrogens (tertiary/aromatic N) is 1. The normalized spacial score (nSPS) is 19.6. The maximum atomic E-state index is 6.48. The molecule has 0 spiro atoms. The fourth-order valence-electron chi connectivity index (χ4n) is 3.16. The number of hydrogen-bond donors (Lipinski definition) is 1. The number of hydrogen-bond acceptors (Lipinski definition) is 2. The lowest BCUT2D eigenvalue weighted by Crippen LogP contribution is -2.40. The average Bonchev–Trinajstić information content (AvgIpc) is 2.50. The van der Waals surface area contributed by atoms with Crippen molar-refractivity contribution in [3.63, 3.8) is 0 Å². The molecule has 0 aliphatic carbocycles. The highest BCUT2D eigenvalue weighted by molar-refractivity contribution is 6.42. The first-order valence-corrected chi connectivity index (χ1v) is 8.80. The van der Waals surface area contributed by atoms with Gasteiger partial charge in [-0.15, -0.1) is 24.8 Å². The van der Waals surface area contributed by atoms with Gasteiger partial charge in [-0.25, -0.2) is 0 Å². The molecule has 2 rings (SSSR count). The largest absolute Gasteiger partial charge is 0.324 e. The van der Waals surface area contributed by atoms with E-state index in [0.29, 0.717) is 16.0 Å². The lowest BCUT2D eigenvalue weighted by molar-refractivity contribution is 0.155. The fraction of sp³-hybridized carbons (Fsp3) is 0.647. The monoisotopic (exact) mass is 400 g/mol. The molecular formula is C17H28Cl4N2. The maximum absolute atomic E-state index is 6.48. The molecule has 1 fully saturated rings. The number of halogens is 4. The summed E-state index contributed by atoms with van der Waals surface area (Å²) in [5.74, 6) is 0.512. The van der Waals surface area contributed by atoms with Gasteiger partial charge in [-0.1, -0.05) is 49.0 Å². The number of likely N-dealkylation sites (tertiary alicyclic amines) is 1. The van der Waals surface area contributed by atoms with Crippen molar-refractivity contribution < 1.29 is 0 Å². The SMILES string of the molecule is CCCCCN1CCCC(C(N)c2ccc(Cl)c(Cl)c2)C1.Cl.Cl. The number of unbranched alkanes of at least 4 members (excludes halogenated alkanes) is 2. The zero-order valence-corrected chi connectivity index (χ0v) is 16.8. The predicted octanol–water partition coefficient (Wildman–Crippen LogP) is 5.74. The van der Waals surface area contributed by atoms with E-state index in [2.05, 4.69) is 11.8 Å². The van der Waals surface area contributed by atoms with Crippen molar-refractivity contribution in [2.45, 2.75) is 45.1 Å². The molecule has 0 radical (unpaired) electrons. The standard InChI is InChI=1S/C17H26Cl2N2.2ClH/c1-2-3-4-9-21-10-5-6-14(12-21)17(20)13-7-8-15(18)16(19)11-13;;/h7-8,11,14,17H,2-6,9-10,12,20H2,1H3;2*1H. The third-order valence-electron chi connectivity index (χ3n) is 4.46. The summed E-state index contributed by atoms with van der Waals surface area (Å²) in [6.07, 6.45) is 6.34. The van der Waals surface area contributed by atoms with Gasteiger partial charge in [0.15, 0.2) is 0 Å². The van der Waals surface area contributed by atoms with Gasteiger partial charge in [0.1, 0.15) is 0 Å². The van der Waals surface area contributed by atoms with Gasteiger partial charge < -0.3 is 10.6 Å². The molecule has 1 aliphatic rings. The molecule has 1 aromatic rings. The summed E-state index contributed by atoms with van der Waals surface area (Å²) in [6.45, 7) is 5.77. The summed E-state index contributed by atoms with van der Waals surface area (Å²) in [5, 5.41) is 1.19. The van der Waals surface area contributed by atoms with E-state index in [1.807, 2.05) is 18.2 Å². The second-order valence-corrected chi connectivity index (χ2v) is 6.92. The Hall–Kier alpha value is 0.300. The minimum Gasteiger partial charge on any atom is -0.324 e. The molecule has 2 atom stereocenters. The predicted molar refractivity (Wildman–Crippen MR) is 107 cm³/mol. The smallest absolute Gasteiger partial charge is 0.0595 e. The van der Waals surface area contributed by atoms with E-state index < -0.39 is 0 Å². The second kappa shape index (κ2) is 11.8. The van der Waals surface area contributed by atoms with E-state index in [-0.39, 0.29) is 30.9 Å². The van der Waals surface area contributed by atoms with E-state index in [4.69, 9.17) is 28.9 Å². The van der Waals surface area contributed by atoms with Gasteiger partial charge in [-0.05, 0) is 56.0 Å². The van der Waals surface area contributed by atoms with Crippen LogP contribution in [0.25, 0.3) is 0 Å². The lowest BCUT2D eigenvalue weighted by atomic mass is 9.87. The summed E-state index contributed by atoms with van der Waals surface area (Å²) in [5.41, 5.74) is 7.58. The molecule has 1 aliphatic heterocycles. The molecule has 2 N–H and O–H groups in total. The Kier molecular flexibility index (Phi) is 11.9. The Morgan fingerprint density at radius 1 is 1.22 bits per heavy atom. The molecule has 1 saturated heterocycles. The molecular weight excluding hydrogens is 374 g/mol. The second-order valence-electron chi connectivity index (χ2n) is 6.11. The molecule has 2 nitrogen and oxygen atoms in total. The molecule has 0 saturated carbocycles. The van der Waals surface area contributed by atoms with Crippen LogP contribution in [-0.2, 0) is 0 Å². The van der Waals surface area contributed by atoms with Crippen LogP contribution in [0.5, 0.6) is 0 Å². The number of piperidine rings is 1. The van der Waals surface area contributed by atoms with Crippen LogP contribution in [0.4, 0.5) is 0 Å². The Balaban J connectivity index is 0.00000242. The zero-order valence-electron chi connectivity index (χ0n) is 13.6. The van der Waals surface area contributed by atoms with E-state index in [9.17, 15) is 0 Å².